The summed E-state index contributed by atoms with van der Waals surface area (Å²) in [7, 11) is -3.25. The Balaban J connectivity index is 1.97. The highest BCUT2D eigenvalue weighted by atomic mass is 35.5. The molecule has 1 fully saturated rings. The first-order valence-corrected chi connectivity index (χ1v) is 9.66. The molecule has 1 aliphatic rings. The van der Waals surface area contributed by atoms with E-state index in [1.54, 1.807) is 6.92 Å². The van der Waals surface area contributed by atoms with Crippen LogP contribution < -0.4 is 5.32 Å². The van der Waals surface area contributed by atoms with E-state index in [9.17, 15) is 22.0 Å². The molecule has 134 valence electrons. The first kappa shape index (κ1) is 19.1. The van der Waals surface area contributed by atoms with Gasteiger partial charge < -0.3 is 5.32 Å². The van der Waals surface area contributed by atoms with Crippen LogP contribution in [0.15, 0.2) is 12.1 Å². The van der Waals surface area contributed by atoms with Crippen LogP contribution in [0, 0.1) is 11.6 Å². The molecule has 0 bridgehead atoms. The van der Waals surface area contributed by atoms with Crippen molar-refractivity contribution < 1.29 is 22.0 Å². The van der Waals surface area contributed by atoms with Gasteiger partial charge in [0.25, 0.3) is 5.91 Å². The van der Waals surface area contributed by atoms with Crippen molar-refractivity contribution in [3.05, 3.63) is 34.4 Å². The van der Waals surface area contributed by atoms with Crippen LogP contribution in [0.4, 0.5) is 8.78 Å². The molecule has 24 heavy (non-hydrogen) atoms. The number of nitrogens with one attached hydrogen (secondary N) is 1. The van der Waals surface area contributed by atoms with E-state index in [0.29, 0.717) is 32.4 Å². The molecule has 0 saturated carbocycles. The standard InChI is InChI=1S/C15H19ClF2N2O3S/c1-2-7-24(22,23)20-5-3-10(4-6-20)19-15(21)11-8-13(17)14(18)9-12(11)16/h8-10H,2-7H2,1H3,(H,19,21). The Morgan fingerprint density at radius 2 is 1.88 bits per heavy atom. The van der Waals surface area contributed by atoms with E-state index in [2.05, 4.69) is 5.32 Å². The van der Waals surface area contributed by atoms with Crippen LogP contribution in [0.5, 0.6) is 0 Å². The Morgan fingerprint density at radius 1 is 1.29 bits per heavy atom. The predicted octanol–water partition coefficient (Wildman–Crippen LogP) is 2.55. The molecule has 1 heterocycles. The molecule has 0 aliphatic carbocycles. The van der Waals surface area contributed by atoms with Gasteiger partial charge in [-0.2, -0.15) is 0 Å². The Morgan fingerprint density at radius 3 is 2.46 bits per heavy atom. The molecule has 9 heteroatoms. The van der Waals surface area contributed by atoms with Crippen LogP contribution in [0.2, 0.25) is 5.02 Å². The van der Waals surface area contributed by atoms with Crippen molar-refractivity contribution in [3.8, 4) is 0 Å². The highest BCUT2D eigenvalue weighted by molar-refractivity contribution is 7.89. The third kappa shape index (κ3) is 4.43. The van der Waals surface area contributed by atoms with Gasteiger partial charge in [-0.25, -0.2) is 21.5 Å². The minimum atomic E-state index is -3.25. The number of carbonyl (C=O) groups is 1. The smallest absolute Gasteiger partial charge is 0.253 e. The van der Waals surface area contributed by atoms with E-state index in [0.717, 1.165) is 12.1 Å². The molecule has 0 radical (unpaired) electrons. The summed E-state index contributed by atoms with van der Waals surface area (Å²) < 4.78 is 51.7. The third-order valence-corrected chi connectivity index (χ3v) is 6.29. The minimum absolute atomic E-state index is 0.106. The highest BCUT2D eigenvalue weighted by Crippen LogP contribution is 2.21. The number of hydrogen-bond acceptors (Lipinski definition) is 3. The van der Waals surface area contributed by atoms with Gasteiger partial charge in [0.15, 0.2) is 11.6 Å². The SMILES string of the molecule is CCCS(=O)(=O)N1CCC(NC(=O)c2cc(F)c(F)cc2Cl)CC1. The predicted molar refractivity (Wildman–Crippen MR) is 87.5 cm³/mol. The van der Waals surface area contributed by atoms with Gasteiger partial charge in [-0.05, 0) is 31.4 Å². The van der Waals surface area contributed by atoms with Crippen molar-refractivity contribution in [2.24, 2.45) is 0 Å². The van der Waals surface area contributed by atoms with Crippen molar-refractivity contribution >= 4 is 27.5 Å². The molecule has 1 aromatic carbocycles. The Hall–Kier alpha value is -1.25. The van der Waals surface area contributed by atoms with Crippen molar-refractivity contribution in [1.29, 1.82) is 0 Å². The summed E-state index contributed by atoms with van der Waals surface area (Å²) in [4.78, 5) is 12.2. The third-order valence-electron chi connectivity index (χ3n) is 3.90. The van der Waals surface area contributed by atoms with Gasteiger partial charge in [0.05, 0.1) is 16.3 Å². The van der Waals surface area contributed by atoms with Gasteiger partial charge in [-0.1, -0.05) is 18.5 Å². The van der Waals surface area contributed by atoms with Gasteiger partial charge in [-0.15, -0.1) is 0 Å². The van der Waals surface area contributed by atoms with E-state index in [1.165, 1.54) is 4.31 Å². The van der Waals surface area contributed by atoms with Gasteiger partial charge >= 0.3 is 0 Å². The summed E-state index contributed by atoms with van der Waals surface area (Å²) in [6.45, 7) is 2.44. The molecule has 1 N–H and O–H groups in total. The molecule has 0 spiro atoms. The van der Waals surface area contributed by atoms with Crippen LogP contribution in [0.1, 0.15) is 36.5 Å². The number of piperidine rings is 1. The average Bonchev–Trinajstić information content (AvgIpc) is 2.51. The lowest BCUT2D eigenvalue weighted by molar-refractivity contribution is 0.0923. The van der Waals surface area contributed by atoms with Crippen molar-refractivity contribution in [3.63, 3.8) is 0 Å². The fraction of sp³-hybridized carbons (Fsp3) is 0.533. The second-order valence-corrected chi connectivity index (χ2v) is 8.20. The van der Waals surface area contributed by atoms with Crippen molar-refractivity contribution in [2.45, 2.75) is 32.2 Å². The summed E-state index contributed by atoms with van der Waals surface area (Å²) in [5.41, 5.74) is -0.142. The Bertz CT molecular complexity index is 720. The fourth-order valence-electron chi connectivity index (χ4n) is 2.63. The molecule has 1 aliphatic heterocycles. The van der Waals surface area contributed by atoms with Gasteiger partial charge in [0, 0.05) is 19.1 Å². The first-order chi connectivity index (χ1) is 11.2. The lowest BCUT2D eigenvalue weighted by Crippen LogP contribution is -2.47. The molecule has 0 atom stereocenters. The topological polar surface area (TPSA) is 66.5 Å². The summed E-state index contributed by atoms with van der Waals surface area (Å²) >= 11 is 5.78. The number of benzene rings is 1. The fourth-order valence-corrected chi connectivity index (χ4v) is 4.40. The number of amides is 1. The van der Waals surface area contributed by atoms with E-state index >= 15 is 0 Å². The molecule has 2 rings (SSSR count). The largest absolute Gasteiger partial charge is 0.349 e. The molecule has 1 amide bonds. The van der Waals surface area contributed by atoms with Crippen LogP contribution in [-0.4, -0.2) is 43.5 Å². The van der Waals surface area contributed by atoms with E-state index in [1.807, 2.05) is 0 Å². The van der Waals surface area contributed by atoms with Crippen LogP contribution in [0.25, 0.3) is 0 Å². The van der Waals surface area contributed by atoms with Gasteiger partial charge in [0.2, 0.25) is 10.0 Å². The quantitative estimate of drug-likeness (QED) is 0.798. The maximum Gasteiger partial charge on any atom is 0.253 e. The lowest BCUT2D eigenvalue weighted by atomic mass is 10.1. The van der Waals surface area contributed by atoms with Crippen LogP contribution in [0.3, 0.4) is 0 Å². The number of sulfonamides is 1. The van der Waals surface area contributed by atoms with E-state index < -0.39 is 27.6 Å². The maximum absolute atomic E-state index is 13.3. The zero-order valence-corrected chi connectivity index (χ0v) is 14.8. The van der Waals surface area contributed by atoms with Crippen molar-refractivity contribution in [1.82, 2.24) is 9.62 Å². The number of carbonyl (C=O) groups excluding carboxylic acids is 1. The number of halogens is 3. The highest BCUT2D eigenvalue weighted by Gasteiger charge is 2.28. The number of hydrogen-bond donors (Lipinski definition) is 1. The van der Waals surface area contributed by atoms with Crippen LogP contribution in [-0.2, 0) is 10.0 Å². The summed E-state index contributed by atoms with van der Waals surface area (Å²) in [6, 6.07) is 1.27. The monoisotopic (exact) mass is 380 g/mol. The first-order valence-electron chi connectivity index (χ1n) is 7.68. The molecule has 1 saturated heterocycles. The zero-order chi connectivity index (χ0) is 17.9. The minimum Gasteiger partial charge on any atom is -0.349 e. The van der Waals surface area contributed by atoms with Gasteiger partial charge in [0.1, 0.15) is 0 Å². The lowest BCUT2D eigenvalue weighted by Gasteiger charge is -2.31. The molecule has 0 aromatic heterocycles. The molecular formula is C15H19ClF2N2O3S. The molecule has 0 unspecified atom stereocenters. The van der Waals surface area contributed by atoms with E-state index in [4.69, 9.17) is 11.6 Å². The summed E-state index contributed by atoms with van der Waals surface area (Å²) in [6.07, 6.45) is 1.46. The normalized spacial score (nSPS) is 17.0. The summed E-state index contributed by atoms with van der Waals surface area (Å²) in [5.74, 6) is -2.76. The summed E-state index contributed by atoms with van der Waals surface area (Å²) in [5, 5.41) is 2.52. The number of rotatable bonds is 5. The van der Waals surface area contributed by atoms with Crippen molar-refractivity contribution in [2.75, 3.05) is 18.8 Å². The number of nitrogens with zero attached hydrogens (tertiary/aromatic N) is 1. The average molecular weight is 381 g/mol. The molecular weight excluding hydrogens is 362 g/mol. The zero-order valence-electron chi connectivity index (χ0n) is 13.2. The Labute approximate surface area is 145 Å². The molecule has 1 aromatic rings. The Kier molecular flexibility index (Phi) is 6.17. The maximum atomic E-state index is 13.3. The second-order valence-electron chi connectivity index (χ2n) is 5.71. The van der Waals surface area contributed by atoms with E-state index in [-0.39, 0.29) is 22.4 Å². The second kappa shape index (κ2) is 7.76. The van der Waals surface area contributed by atoms with Crippen LogP contribution >= 0.6 is 11.6 Å². The molecule has 5 nitrogen and oxygen atoms in total. The van der Waals surface area contributed by atoms with Gasteiger partial charge in [-0.3, -0.25) is 4.79 Å².